The maximum Gasteiger partial charge on any atom is -0.0352 e. The first-order valence-corrected chi connectivity index (χ1v) is 8.31. The Morgan fingerprint density at radius 1 is 0.765 bits per heavy atom. The van der Waals surface area contributed by atoms with Gasteiger partial charge in [0.15, 0.2) is 0 Å². The molecule has 98 valence electrons. The second-order valence-electron chi connectivity index (χ2n) is 7.27. The molecule has 0 heterocycles. The van der Waals surface area contributed by atoms with Gasteiger partial charge in [0, 0.05) is 0 Å². The summed E-state index contributed by atoms with van der Waals surface area (Å²) < 4.78 is 0. The summed E-state index contributed by atoms with van der Waals surface area (Å²) in [4.78, 5) is 0. The van der Waals surface area contributed by atoms with Crippen molar-refractivity contribution >= 4 is 0 Å². The molecule has 0 aromatic rings. The fourth-order valence-electron chi connectivity index (χ4n) is 5.31. The van der Waals surface area contributed by atoms with E-state index in [0.717, 1.165) is 35.5 Å². The molecule has 6 atom stereocenters. The van der Waals surface area contributed by atoms with Crippen LogP contribution in [0.15, 0.2) is 0 Å². The lowest BCUT2D eigenvalue weighted by atomic mass is 9.54. The van der Waals surface area contributed by atoms with Gasteiger partial charge in [0.1, 0.15) is 0 Å². The van der Waals surface area contributed by atoms with Crippen molar-refractivity contribution in [2.75, 3.05) is 0 Å². The lowest BCUT2D eigenvalue weighted by Gasteiger charge is -2.51. The maximum atomic E-state index is 2.53. The summed E-state index contributed by atoms with van der Waals surface area (Å²) in [5, 5.41) is 0. The van der Waals surface area contributed by atoms with E-state index in [4.69, 9.17) is 0 Å². The van der Waals surface area contributed by atoms with Gasteiger partial charge in [-0.05, 0) is 67.6 Å². The monoisotopic (exact) mass is 234 g/mol. The molecule has 0 heteroatoms. The molecule has 0 aliphatic heterocycles. The molecule has 3 fully saturated rings. The normalized spacial score (nSPS) is 49.8. The molecule has 0 saturated heterocycles. The number of fused-ring (bicyclic) bond motifs is 1. The molecule has 3 aliphatic rings. The van der Waals surface area contributed by atoms with E-state index in [-0.39, 0.29) is 0 Å². The lowest BCUT2D eigenvalue weighted by molar-refractivity contribution is -0.0128. The van der Waals surface area contributed by atoms with Gasteiger partial charge in [-0.2, -0.15) is 0 Å². The van der Waals surface area contributed by atoms with Crippen molar-refractivity contribution in [3.63, 3.8) is 0 Å². The van der Waals surface area contributed by atoms with Crippen LogP contribution in [-0.4, -0.2) is 0 Å². The highest BCUT2D eigenvalue weighted by molar-refractivity contribution is 4.97. The van der Waals surface area contributed by atoms with Gasteiger partial charge in [-0.1, -0.05) is 39.5 Å². The van der Waals surface area contributed by atoms with Crippen LogP contribution in [0.4, 0.5) is 0 Å². The van der Waals surface area contributed by atoms with Gasteiger partial charge in [-0.3, -0.25) is 0 Å². The van der Waals surface area contributed by atoms with E-state index in [1.54, 1.807) is 32.1 Å². The Morgan fingerprint density at radius 2 is 1.47 bits per heavy atom. The summed E-state index contributed by atoms with van der Waals surface area (Å²) in [6.07, 6.45) is 13.9. The van der Waals surface area contributed by atoms with Crippen LogP contribution < -0.4 is 0 Å². The molecule has 6 unspecified atom stereocenters. The Bertz CT molecular complexity index is 257. The molecule has 0 radical (unpaired) electrons. The number of rotatable bonds is 3. The molecule has 0 nitrogen and oxygen atoms in total. The Hall–Kier alpha value is 0. The molecule has 0 aromatic heterocycles. The van der Waals surface area contributed by atoms with Crippen molar-refractivity contribution < 1.29 is 0 Å². The van der Waals surface area contributed by atoms with E-state index >= 15 is 0 Å². The van der Waals surface area contributed by atoms with Crippen molar-refractivity contribution in [1.29, 1.82) is 0 Å². The van der Waals surface area contributed by atoms with E-state index in [1.807, 2.05) is 0 Å². The van der Waals surface area contributed by atoms with Crippen LogP contribution in [0.5, 0.6) is 0 Å². The Labute approximate surface area is 108 Å². The highest BCUT2D eigenvalue weighted by Crippen LogP contribution is 2.56. The predicted octanol–water partition coefficient (Wildman–Crippen LogP) is 5.28. The van der Waals surface area contributed by atoms with Gasteiger partial charge < -0.3 is 0 Å². The summed E-state index contributed by atoms with van der Waals surface area (Å²) >= 11 is 0. The molecule has 0 N–H and O–H groups in total. The zero-order valence-corrected chi connectivity index (χ0v) is 11.8. The lowest BCUT2D eigenvalue weighted by Crippen LogP contribution is -2.42. The largest absolute Gasteiger partial charge is 0.0654 e. The van der Waals surface area contributed by atoms with E-state index in [9.17, 15) is 0 Å². The number of hydrogen-bond donors (Lipinski definition) is 0. The molecule has 3 aliphatic carbocycles. The average molecular weight is 234 g/mol. The minimum atomic E-state index is 1.04. The van der Waals surface area contributed by atoms with E-state index in [1.165, 1.54) is 25.7 Å². The van der Waals surface area contributed by atoms with Gasteiger partial charge in [-0.25, -0.2) is 0 Å². The number of hydrogen-bond acceptors (Lipinski definition) is 0. The van der Waals surface area contributed by atoms with Crippen LogP contribution in [0.1, 0.15) is 71.6 Å². The summed E-state index contributed by atoms with van der Waals surface area (Å²) in [6, 6.07) is 0. The summed E-state index contributed by atoms with van der Waals surface area (Å²) in [7, 11) is 0. The molecule has 0 aromatic carbocycles. The fraction of sp³-hybridized carbons (Fsp3) is 1.00. The van der Waals surface area contributed by atoms with Crippen molar-refractivity contribution in [1.82, 2.24) is 0 Å². The first-order chi connectivity index (χ1) is 8.31. The van der Waals surface area contributed by atoms with Gasteiger partial charge in [0.05, 0.1) is 0 Å². The summed E-state index contributed by atoms with van der Waals surface area (Å²) in [6.45, 7) is 4.90. The van der Waals surface area contributed by atoms with Crippen LogP contribution in [0.25, 0.3) is 0 Å². The Balaban J connectivity index is 1.66. The smallest absolute Gasteiger partial charge is 0.0352 e. The molecular formula is C17H30. The van der Waals surface area contributed by atoms with Crippen molar-refractivity contribution in [2.45, 2.75) is 71.6 Å². The van der Waals surface area contributed by atoms with Gasteiger partial charge in [0.2, 0.25) is 0 Å². The van der Waals surface area contributed by atoms with Crippen LogP contribution in [-0.2, 0) is 0 Å². The third-order valence-electron chi connectivity index (χ3n) is 6.55. The quantitative estimate of drug-likeness (QED) is 0.623. The van der Waals surface area contributed by atoms with Gasteiger partial charge in [-0.15, -0.1) is 0 Å². The second kappa shape index (κ2) is 4.94. The SMILES string of the molecule is CCCC1CCC1C1CCCC(C)C2CCC21. The minimum Gasteiger partial charge on any atom is -0.0654 e. The standard InChI is InChI=1S/C17H30/c1-3-5-13-8-9-15(13)16-7-4-6-12(2)14-10-11-17(14)16/h12-17H,3-11H2,1-2H3. The zero-order valence-electron chi connectivity index (χ0n) is 11.8. The first kappa shape index (κ1) is 12.1. The van der Waals surface area contributed by atoms with Crippen molar-refractivity contribution in [2.24, 2.45) is 35.5 Å². The van der Waals surface area contributed by atoms with Crippen LogP contribution >= 0.6 is 0 Å². The third-order valence-corrected chi connectivity index (χ3v) is 6.55. The average Bonchev–Trinajstić information content (AvgIpc) is 2.31. The Morgan fingerprint density at radius 3 is 2.06 bits per heavy atom. The molecule has 3 rings (SSSR count). The van der Waals surface area contributed by atoms with Crippen LogP contribution in [0.3, 0.4) is 0 Å². The van der Waals surface area contributed by atoms with Gasteiger partial charge >= 0.3 is 0 Å². The van der Waals surface area contributed by atoms with Crippen LogP contribution in [0.2, 0.25) is 0 Å². The van der Waals surface area contributed by atoms with E-state index in [0.29, 0.717) is 0 Å². The molecule has 0 bridgehead atoms. The van der Waals surface area contributed by atoms with E-state index < -0.39 is 0 Å². The third kappa shape index (κ3) is 2.06. The molecule has 0 spiro atoms. The summed E-state index contributed by atoms with van der Waals surface area (Å²) in [5.41, 5.74) is 0. The van der Waals surface area contributed by atoms with Gasteiger partial charge in [0.25, 0.3) is 0 Å². The molecule has 0 amide bonds. The predicted molar refractivity (Wildman–Crippen MR) is 73.8 cm³/mol. The molecular weight excluding hydrogens is 204 g/mol. The fourth-order valence-corrected chi connectivity index (χ4v) is 5.31. The van der Waals surface area contributed by atoms with Crippen molar-refractivity contribution in [3.05, 3.63) is 0 Å². The van der Waals surface area contributed by atoms with E-state index in [2.05, 4.69) is 13.8 Å². The highest BCUT2D eigenvalue weighted by Gasteiger charge is 2.47. The molecule has 17 heavy (non-hydrogen) atoms. The first-order valence-electron chi connectivity index (χ1n) is 8.31. The minimum absolute atomic E-state index is 1.04. The highest BCUT2D eigenvalue weighted by atomic mass is 14.5. The molecule has 3 saturated carbocycles. The topological polar surface area (TPSA) is 0 Å². The second-order valence-corrected chi connectivity index (χ2v) is 7.27. The van der Waals surface area contributed by atoms with Crippen LogP contribution in [0, 0.1) is 35.5 Å². The summed E-state index contributed by atoms with van der Waals surface area (Å²) in [5.74, 6) is 6.74. The maximum absolute atomic E-state index is 2.53. The Kier molecular flexibility index (Phi) is 3.50. The zero-order chi connectivity index (χ0) is 11.8. The van der Waals surface area contributed by atoms with Crippen molar-refractivity contribution in [3.8, 4) is 0 Å².